The predicted octanol–water partition coefficient (Wildman–Crippen LogP) is 4.22. The summed E-state index contributed by atoms with van der Waals surface area (Å²) in [5.41, 5.74) is 3.91. The average molecular weight is 561 g/mol. The number of para-hydroxylation sites is 1. The van der Waals surface area contributed by atoms with Crippen LogP contribution in [0.5, 0.6) is 0 Å². The molecule has 2 aromatic rings. The van der Waals surface area contributed by atoms with Crippen LogP contribution >= 0.6 is 24.0 Å². The van der Waals surface area contributed by atoms with E-state index in [2.05, 4.69) is 32.3 Å². The van der Waals surface area contributed by atoms with Crippen molar-refractivity contribution in [3.8, 4) is 0 Å². The Morgan fingerprint density at radius 2 is 1.88 bits per heavy atom. The first-order valence-corrected chi connectivity index (χ1v) is 11.4. The Labute approximate surface area is 212 Å². The van der Waals surface area contributed by atoms with Crippen LogP contribution in [0.2, 0.25) is 0 Å². The van der Waals surface area contributed by atoms with E-state index in [0.717, 1.165) is 48.2 Å². The van der Waals surface area contributed by atoms with Gasteiger partial charge in [0.05, 0.1) is 0 Å². The SMILES string of the molecule is CN=C(NCc1cccc(NC(=O)C2CCCC2)c1)NCC1CC(=O)Nc2ccccc21.I. The average Bonchev–Trinajstić information content (AvgIpc) is 3.34. The Kier molecular flexibility index (Phi) is 9.11. The van der Waals surface area contributed by atoms with Gasteiger partial charge in [-0.25, -0.2) is 0 Å². The Morgan fingerprint density at radius 1 is 1.09 bits per heavy atom. The largest absolute Gasteiger partial charge is 0.356 e. The van der Waals surface area contributed by atoms with Crippen molar-refractivity contribution >= 4 is 53.1 Å². The minimum atomic E-state index is 0. The molecule has 1 fully saturated rings. The van der Waals surface area contributed by atoms with E-state index >= 15 is 0 Å². The maximum Gasteiger partial charge on any atom is 0.227 e. The first-order chi connectivity index (χ1) is 15.6. The number of carbonyl (C=O) groups excluding carboxylic acids is 2. The smallest absolute Gasteiger partial charge is 0.227 e. The fourth-order valence-electron chi connectivity index (χ4n) is 4.50. The van der Waals surface area contributed by atoms with Gasteiger partial charge >= 0.3 is 0 Å². The van der Waals surface area contributed by atoms with E-state index in [9.17, 15) is 9.59 Å². The third kappa shape index (κ3) is 6.69. The van der Waals surface area contributed by atoms with Crippen LogP contribution in [0.15, 0.2) is 53.5 Å². The van der Waals surface area contributed by atoms with Crippen LogP contribution < -0.4 is 21.3 Å². The van der Waals surface area contributed by atoms with Crippen LogP contribution in [0.25, 0.3) is 0 Å². The number of halogens is 1. The van der Waals surface area contributed by atoms with Crippen LogP contribution in [0.1, 0.15) is 49.1 Å². The molecule has 2 amide bonds. The zero-order valence-electron chi connectivity index (χ0n) is 18.9. The molecule has 0 radical (unpaired) electrons. The summed E-state index contributed by atoms with van der Waals surface area (Å²) >= 11 is 0. The summed E-state index contributed by atoms with van der Waals surface area (Å²) in [6.07, 6.45) is 4.71. The molecule has 4 rings (SSSR count). The number of nitrogens with zero attached hydrogens (tertiary/aromatic N) is 1. The van der Waals surface area contributed by atoms with Crippen LogP contribution in [0.3, 0.4) is 0 Å². The maximum absolute atomic E-state index is 12.4. The predicted molar refractivity (Wildman–Crippen MR) is 143 cm³/mol. The molecule has 0 bridgehead atoms. The highest BCUT2D eigenvalue weighted by atomic mass is 127. The van der Waals surface area contributed by atoms with E-state index in [1.807, 2.05) is 42.5 Å². The molecule has 0 spiro atoms. The van der Waals surface area contributed by atoms with Crippen molar-refractivity contribution in [2.75, 3.05) is 24.2 Å². The Bertz CT molecular complexity index is 1000. The molecule has 4 N–H and O–H groups in total. The molecule has 1 atom stereocenters. The maximum atomic E-state index is 12.4. The van der Waals surface area contributed by atoms with Crippen molar-refractivity contribution in [3.63, 3.8) is 0 Å². The number of guanidine groups is 1. The quantitative estimate of drug-likeness (QED) is 0.241. The van der Waals surface area contributed by atoms with Crippen molar-refractivity contribution in [2.45, 2.75) is 44.6 Å². The number of anilines is 2. The number of nitrogens with one attached hydrogen (secondary N) is 4. The third-order valence-corrected chi connectivity index (χ3v) is 6.23. The standard InChI is InChI=1S/C25H31N5O2.HI/c1-26-25(28-16-19-14-23(31)30-22-12-5-4-11-21(19)22)27-15-17-7-6-10-20(13-17)29-24(32)18-8-2-3-9-18;/h4-7,10-13,18-19H,2-3,8-9,14-16H2,1H3,(H,29,32)(H,30,31)(H2,26,27,28);1H. The van der Waals surface area contributed by atoms with Crippen molar-refractivity contribution in [3.05, 3.63) is 59.7 Å². The monoisotopic (exact) mass is 561 g/mol. The van der Waals surface area contributed by atoms with Crippen LogP contribution in [-0.2, 0) is 16.1 Å². The molecule has 2 aromatic carbocycles. The number of amides is 2. The highest BCUT2D eigenvalue weighted by molar-refractivity contribution is 14.0. The van der Waals surface area contributed by atoms with Crippen molar-refractivity contribution in [1.82, 2.24) is 10.6 Å². The lowest BCUT2D eigenvalue weighted by molar-refractivity contribution is -0.119. The number of carbonyl (C=O) groups is 2. The van der Waals surface area contributed by atoms with E-state index in [0.29, 0.717) is 25.5 Å². The van der Waals surface area contributed by atoms with Gasteiger partial charge in [-0.05, 0) is 42.2 Å². The summed E-state index contributed by atoms with van der Waals surface area (Å²) in [6, 6.07) is 15.8. The molecule has 0 saturated heterocycles. The zero-order valence-corrected chi connectivity index (χ0v) is 21.2. The Morgan fingerprint density at radius 3 is 2.67 bits per heavy atom. The van der Waals surface area contributed by atoms with Crippen molar-refractivity contribution in [2.24, 2.45) is 10.9 Å². The van der Waals surface area contributed by atoms with Gasteiger partial charge in [-0.1, -0.05) is 43.2 Å². The molecule has 176 valence electrons. The van der Waals surface area contributed by atoms with Gasteiger partial charge in [-0.3, -0.25) is 14.6 Å². The molecule has 2 aliphatic rings. The van der Waals surface area contributed by atoms with E-state index < -0.39 is 0 Å². The molecule has 1 aliphatic carbocycles. The van der Waals surface area contributed by atoms with Crippen LogP contribution in [-0.4, -0.2) is 31.4 Å². The van der Waals surface area contributed by atoms with Gasteiger partial charge in [-0.2, -0.15) is 0 Å². The van der Waals surface area contributed by atoms with Crippen LogP contribution in [0, 0.1) is 5.92 Å². The minimum absolute atomic E-state index is 0. The summed E-state index contributed by atoms with van der Waals surface area (Å²) < 4.78 is 0. The number of fused-ring (bicyclic) bond motifs is 1. The first-order valence-electron chi connectivity index (χ1n) is 11.4. The Balaban J connectivity index is 0.00000306. The van der Waals surface area contributed by atoms with Crippen LogP contribution in [0.4, 0.5) is 11.4 Å². The molecular weight excluding hydrogens is 529 g/mol. The second-order valence-corrected chi connectivity index (χ2v) is 8.51. The molecule has 8 heteroatoms. The minimum Gasteiger partial charge on any atom is -0.356 e. The molecule has 0 aromatic heterocycles. The van der Waals surface area contributed by atoms with E-state index in [-0.39, 0.29) is 47.6 Å². The molecule has 1 aliphatic heterocycles. The fraction of sp³-hybridized carbons (Fsp3) is 0.400. The lowest BCUT2D eigenvalue weighted by atomic mass is 9.90. The summed E-state index contributed by atoms with van der Waals surface area (Å²) in [4.78, 5) is 28.7. The summed E-state index contributed by atoms with van der Waals surface area (Å²) in [6.45, 7) is 1.19. The van der Waals surface area contributed by atoms with Gasteiger partial charge in [0, 0.05) is 49.8 Å². The lowest BCUT2D eigenvalue weighted by Gasteiger charge is -2.26. The first kappa shape index (κ1) is 25.0. The molecule has 7 nitrogen and oxygen atoms in total. The number of rotatable bonds is 6. The van der Waals surface area contributed by atoms with Gasteiger partial charge in [0.25, 0.3) is 0 Å². The van der Waals surface area contributed by atoms with Crippen molar-refractivity contribution in [1.29, 1.82) is 0 Å². The highest BCUT2D eigenvalue weighted by Gasteiger charge is 2.25. The lowest BCUT2D eigenvalue weighted by Crippen LogP contribution is -2.40. The molecule has 1 saturated carbocycles. The van der Waals surface area contributed by atoms with E-state index in [4.69, 9.17) is 0 Å². The molecule has 1 unspecified atom stereocenters. The van der Waals surface area contributed by atoms with Gasteiger partial charge in [0.2, 0.25) is 11.8 Å². The molecular formula is C25H32IN5O2. The Hall–Kier alpha value is -2.62. The van der Waals surface area contributed by atoms with E-state index in [1.54, 1.807) is 7.05 Å². The number of aliphatic imine (C=N–C) groups is 1. The molecule has 33 heavy (non-hydrogen) atoms. The molecule has 1 heterocycles. The second kappa shape index (κ2) is 12.0. The summed E-state index contributed by atoms with van der Waals surface area (Å²) in [5.74, 6) is 1.07. The summed E-state index contributed by atoms with van der Waals surface area (Å²) in [7, 11) is 1.73. The number of hydrogen-bond donors (Lipinski definition) is 4. The van der Waals surface area contributed by atoms with E-state index in [1.165, 1.54) is 0 Å². The second-order valence-electron chi connectivity index (χ2n) is 8.51. The highest BCUT2D eigenvalue weighted by Crippen LogP contribution is 2.31. The topological polar surface area (TPSA) is 94.6 Å². The summed E-state index contributed by atoms with van der Waals surface area (Å²) in [5, 5.41) is 12.7. The number of hydrogen-bond acceptors (Lipinski definition) is 3. The number of benzene rings is 2. The van der Waals surface area contributed by atoms with Gasteiger partial charge in [0.1, 0.15) is 0 Å². The zero-order chi connectivity index (χ0) is 22.3. The van der Waals surface area contributed by atoms with Gasteiger partial charge < -0.3 is 21.3 Å². The van der Waals surface area contributed by atoms with Crippen molar-refractivity contribution < 1.29 is 9.59 Å². The fourth-order valence-corrected chi connectivity index (χ4v) is 4.50. The van der Waals surface area contributed by atoms with Gasteiger partial charge in [0.15, 0.2) is 5.96 Å². The third-order valence-electron chi connectivity index (χ3n) is 6.23. The van der Waals surface area contributed by atoms with Gasteiger partial charge in [-0.15, -0.1) is 24.0 Å². The normalized spacial score (nSPS) is 18.0.